The van der Waals surface area contributed by atoms with Crippen LogP contribution < -0.4 is 5.73 Å². The zero-order chi connectivity index (χ0) is 12.1. The van der Waals surface area contributed by atoms with Crippen molar-refractivity contribution < 1.29 is 8.81 Å². The zero-order valence-corrected chi connectivity index (χ0v) is 9.50. The Hall–Kier alpha value is -1.79. The van der Waals surface area contributed by atoms with Crippen molar-refractivity contribution in [2.75, 3.05) is 6.54 Å². The molecule has 2 nitrogen and oxygen atoms in total. The van der Waals surface area contributed by atoms with Crippen LogP contribution in [0.1, 0.15) is 25.0 Å². The molecule has 0 aliphatic rings. The largest absolute Gasteiger partial charge is 0.445 e. The van der Waals surface area contributed by atoms with Gasteiger partial charge >= 0.3 is 0 Å². The molecule has 0 bridgehead atoms. The van der Waals surface area contributed by atoms with E-state index in [1.807, 2.05) is 6.07 Å². The molecule has 2 rings (SSSR count). The van der Waals surface area contributed by atoms with E-state index in [4.69, 9.17) is 10.2 Å². The monoisotopic (exact) mass is 231 g/mol. The lowest BCUT2D eigenvalue weighted by Crippen LogP contribution is -1.96. The van der Waals surface area contributed by atoms with E-state index in [1.165, 1.54) is 6.07 Å². The van der Waals surface area contributed by atoms with Crippen LogP contribution in [0.5, 0.6) is 0 Å². The molecule has 0 radical (unpaired) electrons. The summed E-state index contributed by atoms with van der Waals surface area (Å²) in [5.41, 5.74) is 5.66. The first-order valence-electron chi connectivity index (χ1n) is 5.68. The number of unbranched alkanes of at least 4 members (excludes halogenated alkanes) is 2. The van der Waals surface area contributed by atoms with Crippen molar-refractivity contribution in [2.45, 2.75) is 19.3 Å². The summed E-state index contributed by atoms with van der Waals surface area (Å²) in [6.45, 7) is 0.692. The Morgan fingerprint density at radius 1 is 1.29 bits per heavy atom. The minimum atomic E-state index is -0.348. The average molecular weight is 231 g/mol. The molecule has 0 atom stereocenters. The number of fused-ring (bicyclic) bond motifs is 1. The molecule has 17 heavy (non-hydrogen) atoms. The smallest absolute Gasteiger partial charge is 0.178 e. The van der Waals surface area contributed by atoms with Crippen molar-refractivity contribution in [3.05, 3.63) is 35.8 Å². The van der Waals surface area contributed by atoms with Crippen LogP contribution in [0.15, 0.2) is 28.7 Å². The van der Waals surface area contributed by atoms with Gasteiger partial charge in [0.25, 0.3) is 0 Å². The molecular weight excluding hydrogens is 217 g/mol. The third-order valence-electron chi connectivity index (χ3n) is 2.46. The van der Waals surface area contributed by atoms with Crippen LogP contribution in [0, 0.1) is 17.7 Å². The Balaban J connectivity index is 2.12. The van der Waals surface area contributed by atoms with Gasteiger partial charge in [-0.2, -0.15) is 0 Å². The number of nitrogens with two attached hydrogens (primary N) is 1. The number of furan rings is 1. The molecule has 0 amide bonds. The Bertz CT molecular complexity index is 562. The maximum Gasteiger partial charge on any atom is 0.178 e. The van der Waals surface area contributed by atoms with Crippen molar-refractivity contribution in [1.82, 2.24) is 0 Å². The summed E-state index contributed by atoms with van der Waals surface area (Å²) in [5.74, 6) is 6.05. The lowest BCUT2D eigenvalue weighted by molar-refractivity contribution is 0.552. The van der Waals surface area contributed by atoms with E-state index in [9.17, 15) is 4.39 Å². The quantitative estimate of drug-likeness (QED) is 0.651. The maximum absolute atomic E-state index is 13.3. The number of benzene rings is 1. The number of halogens is 1. The standard InChI is InChI=1S/C14H14FNO/c15-13-8-5-6-11-10-12(17-14(11)13)7-3-1-2-4-9-16/h5-6,8,10H,1-2,4,9,16H2. The summed E-state index contributed by atoms with van der Waals surface area (Å²) in [7, 11) is 0. The number of rotatable bonds is 3. The SMILES string of the molecule is NCCCCC#Cc1cc2cccc(F)c2o1. The highest BCUT2D eigenvalue weighted by Gasteiger charge is 2.05. The summed E-state index contributed by atoms with van der Waals surface area (Å²) in [4.78, 5) is 0. The van der Waals surface area contributed by atoms with E-state index in [2.05, 4.69) is 11.8 Å². The lowest BCUT2D eigenvalue weighted by atomic mass is 10.2. The summed E-state index contributed by atoms with van der Waals surface area (Å²) in [5, 5.41) is 0.747. The predicted octanol–water partition coefficient (Wildman–Crippen LogP) is 3.05. The fourth-order valence-corrected chi connectivity index (χ4v) is 1.60. The highest BCUT2D eigenvalue weighted by atomic mass is 19.1. The molecule has 2 aromatic rings. The highest BCUT2D eigenvalue weighted by Crippen LogP contribution is 2.21. The van der Waals surface area contributed by atoms with Crippen molar-refractivity contribution in [3.8, 4) is 11.8 Å². The van der Waals surface area contributed by atoms with Gasteiger partial charge in [0.05, 0.1) is 0 Å². The second-order valence-corrected chi connectivity index (χ2v) is 3.82. The molecule has 88 valence electrons. The zero-order valence-electron chi connectivity index (χ0n) is 9.50. The fraction of sp³-hybridized carbons (Fsp3) is 0.286. The maximum atomic E-state index is 13.3. The van der Waals surface area contributed by atoms with E-state index in [1.54, 1.807) is 12.1 Å². The molecule has 0 saturated carbocycles. The summed E-state index contributed by atoms with van der Waals surface area (Å²) >= 11 is 0. The van der Waals surface area contributed by atoms with E-state index in [0.717, 1.165) is 24.6 Å². The second-order valence-electron chi connectivity index (χ2n) is 3.82. The van der Waals surface area contributed by atoms with Crippen molar-refractivity contribution in [1.29, 1.82) is 0 Å². The molecule has 1 aromatic heterocycles. The van der Waals surface area contributed by atoms with Crippen LogP contribution in [-0.4, -0.2) is 6.54 Å². The van der Waals surface area contributed by atoms with Gasteiger partial charge in [0.2, 0.25) is 0 Å². The van der Waals surface area contributed by atoms with Crippen LogP contribution in [0.2, 0.25) is 0 Å². The fourth-order valence-electron chi connectivity index (χ4n) is 1.60. The molecule has 0 saturated heterocycles. The molecule has 2 N–H and O–H groups in total. The van der Waals surface area contributed by atoms with E-state index in [0.29, 0.717) is 12.3 Å². The van der Waals surface area contributed by atoms with Gasteiger partial charge in [-0.05, 0) is 31.4 Å². The van der Waals surface area contributed by atoms with Gasteiger partial charge in [-0.25, -0.2) is 4.39 Å². The molecule has 0 spiro atoms. The molecule has 0 aliphatic carbocycles. The molecule has 1 aromatic carbocycles. The van der Waals surface area contributed by atoms with Crippen molar-refractivity contribution in [3.63, 3.8) is 0 Å². The first-order chi connectivity index (χ1) is 8.31. The predicted molar refractivity (Wildman–Crippen MR) is 66.0 cm³/mol. The third-order valence-corrected chi connectivity index (χ3v) is 2.46. The Morgan fingerprint density at radius 2 is 2.18 bits per heavy atom. The molecule has 0 unspecified atom stereocenters. The highest BCUT2D eigenvalue weighted by molar-refractivity contribution is 5.79. The van der Waals surface area contributed by atoms with Gasteiger partial charge in [-0.3, -0.25) is 0 Å². The third kappa shape index (κ3) is 2.86. The normalized spacial score (nSPS) is 10.2. The van der Waals surface area contributed by atoms with Crippen LogP contribution >= 0.6 is 0 Å². The average Bonchev–Trinajstić information content (AvgIpc) is 2.73. The molecule has 3 heteroatoms. The first kappa shape index (κ1) is 11.7. The van der Waals surface area contributed by atoms with Gasteiger partial charge in [0.15, 0.2) is 17.2 Å². The van der Waals surface area contributed by atoms with Crippen LogP contribution in [0.3, 0.4) is 0 Å². The molecular formula is C14H14FNO. The summed E-state index contributed by atoms with van der Waals surface area (Å²) < 4.78 is 18.7. The number of hydrogen-bond donors (Lipinski definition) is 1. The van der Waals surface area contributed by atoms with Gasteiger partial charge in [0, 0.05) is 17.9 Å². The van der Waals surface area contributed by atoms with Crippen molar-refractivity contribution >= 4 is 11.0 Å². The molecule has 0 aliphatic heterocycles. The second kappa shape index (κ2) is 5.51. The van der Waals surface area contributed by atoms with Gasteiger partial charge < -0.3 is 10.2 Å². The first-order valence-corrected chi connectivity index (χ1v) is 5.68. The minimum Gasteiger partial charge on any atom is -0.445 e. The van der Waals surface area contributed by atoms with Gasteiger partial charge in [0.1, 0.15) is 0 Å². The van der Waals surface area contributed by atoms with Crippen molar-refractivity contribution in [2.24, 2.45) is 5.73 Å². The molecule has 1 heterocycles. The van der Waals surface area contributed by atoms with Crippen LogP contribution in [-0.2, 0) is 0 Å². The van der Waals surface area contributed by atoms with E-state index < -0.39 is 0 Å². The minimum absolute atomic E-state index is 0.277. The number of para-hydroxylation sites is 1. The van der Waals surface area contributed by atoms with Gasteiger partial charge in [-0.1, -0.05) is 18.1 Å². The Morgan fingerprint density at radius 3 is 2.94 bits per heavy atom. The topological polar surface area (TPSA) is 39.2 Å². The summed E-state index contributed by atoms with van der Waals surface area (Å²) in [6, 6.07) is 6.60. The Labute approximate surface area is 99.6 Å². The lowest BCUT2D eigenvalue weighted by Gasteiger charge is -1.88. The van der Waals surface area contributed by atoms with E-state index in [-0.39, 0.29) is 11.4 Å². The van der Waals surface area contributed by atoms with Crippen LogP contribution in [0.4, 0.5) is 4.39 Å². The Kier molecular flexibility index (Phi) is 3.79. The summed E-state index contributed by atoms with van der Waals surface area (Å²) in [6.07, 6.45) is 2.75. The van der Waals surface area contributed by atoms with Crippen LogP contribution in [0.25, 0.3) is 11.0 Å². The number of hydrogen-bond acceptors (Lipinski definition) is 2. The van der Waals surface area contributed by atoms with Gasteiger partial charge in [-0.15, -0.1) is 0 Å². The molecule has 0 fully saturated rings. The van der Waals surface area contributed by atoms with E-state index >= 15 is 0 Å².